The first-order chi connectivity index (χ1) is 13.2. The molecule has 140 valence electrons. The molecule has 2 amide bonds. The first-order valence-electron chi connectivity index (χ1n) is 9.71. The number of carbonyl (C=O) groups is 2. The van der Waals surface area contributed by atoms with Gasteiger partial charge in [-0.05, 0) is 50.1 Å². The highest BCUT2D eigenvalue weighted by atomic mass is 16.5. The summed E-state index contributed by atoms with van der Waals surface area (Å²) in [7, 11) is 0. The summed E-state index contributed by atoms with van der Waals surface area (Å²) in [6.45, 7) is 4.03. The Labute approximate surface area is 159 Å². The van der Waals surface area contributed by atoms with E-state index in [-0.39, 0.29) is 11.8 Å². The van der Waals surface area contributed by atoms with E-state index in [0.717, 1.165) is 25.9 Å². The summed E-state index contributed by atoms with van der Waals surface area (Å²) < 4.78 is 6.02. The van der Waals surface area contributed by atoms with Crippen molar-refractivity contribution in [2.75, 3.05) is 24.5 Å². The molecule has 0 aliphatic carbocycles. The summed E-state index contributed by atoms with van der Waals surface area (Å²) in [4.78, 5) is 29.6. The molecule has 0 bridgehead atoms. The molecule has 0 atom stereocenters. The maximum Gasteiger partial charge on any atom is 0.262 e. The van der Waals surface area contributed by atoms with Gasteiger partial charge in [0.2, 0.25) is 0 Å². The quantitative estimate of drug-likeness (QED) is 0.790. The van der Waals surface area contributed by atoms with Gasteiger partial charge in [-0.3, -0.25) is 9.59 Å². The number of rotatable bonds is 2. The highest BCUT2D eigenvalue weighted by molar-refractivity contribution is 6.10. The van der Waals surface area contributed by atoms with Gasteiger partial charge in [-0.25, -0.2) is 0 Å². The van der Waals surface area contributed by atoms with Crippen molar-refractivity contribution in [3.8, 4) is 11.5 Å². The number of amides is 2. The van der Waals surface area contributed by atoms with Crippen LogP contribution in [-0.4, -0.2) is 36.3 Å². The fourth-order valence-electron chi connectivity index (χ4n) is 3.82. The molecule has 0 aromatic heterocycles. The lowest BCUT2D eigenvalue weighted by molar-refractivity contribution is 0.0761. The largest absolute Gasteiger partial charge is 0.454 e. The lowest BCUT2D eigenvalue weighted by Crippen LogP contribution is -2.33. The van der Waals surface area contributed by atoms with Gasteiger partial charge in [0, 0.05) is 25.2 Å². The zero-order valence-electron chi connectivity index (χ0n) is 15.6. The maximum absolute atomic E-state index is 13.0. The molecule has 0 radical (unpaired) electrons. The number of benzene rings is 2. The summed E-state index contributed by atoms with van der Waals surface area (Å²) in [6, 6.07) is 12.7. The zero-order chi connectivity index (χ0) is 18.8. The van der Waals surface area contributed by atoms with Gasteiger partial charge in [0.15, 0.2) is 5.75 Å². The highest BCUT2D eigenvalue weighted by Crippen LogP contribution is 2.39. The molecule has 1 saturated heterocycles. The normalized spacial score (nSPS) is 16.7. The van der Waals surface area contributed by atoms with E-state index in [4.69, 9.17) is 4.74 Å². The van der Waals surface area contributed by atoms with Crippen molar-refractivity contribution in [2.45, 2.75) is 32.6 Å². The van der Waals surface area contributed by atoms with Crippen LogP contribution in [0.25, 0.3) is 0 Å². The van der Waals surface area contributed by atoms with Crippen LogP contribution in [0.4, 0.5) is 5.69 Å². The van der Waals surface area contributed by atoms with Gasteiger partial charge in [-0.2, -0.15) is 0 Å². The molecule has 5 heteroatoms. The average molecular weight is 364 g/mol. The SMILES string of the molecule is CCN1C(=O)c2ccccc2Oc2ccc(C(=O)N3CCCCCC3)cc21. The Balaban J connectivity index is 1.71. The Hall–Kier alpha value is -2.82. The van der Waals surface area contributed by atoms with Gasteiger partial charge in [-0.15, -0.1) is 0 Å². The zero-order valence-corrected chi connectivity index (χ0v) is 15.6. The Morgan fingerprint density at radius 3 is 2.48 bits per heavy atom. The van der Waals surface area contributed by atoms with Gasteiger partial charge in [-0.1, -0.05) is 25.0 Å². The van der Waals surface area contributed by atoms with Crippen LogP contribution in [0.3, 0.4) is 0 Å². The number of para-hydroxylation sites is 1. The van der Waals surface area contributed by atoms with Crippen LogP contribution >= 0.6 is 0 Å². The van der Waals surface area contributed by atoms with Crippen molar-refractivity contribution in [1.82, 2.24) is 4.90 Å². The molecule has 27 heavy (non-hydrogen) atoms. The fourth-order valence-corrected chi connectivity index (χ4v) is 3.82. The highest BCUT2D eigenvalue weighted by Gasteiger charge is 2.28. The van der Waals surface area contributed by atoms with Crippen molar-refractivity contribution in [3.63, 3.8) is 0 Å². The van der Waals surface area contributed by atoms with Gasteiger partial charge < -0.3 is 14.5 Å². The third-order valence-corrected chi connectivity index (χ3v) is 5.29. The molecule has 0 spiro atoms. The number of likely N-dealkylation sites (tertiary alicyclic amines) is 1. The lowest BCUT2D eigenvalue weighted by Gasteiger charge is -2.23. The van der Waals surface area contributed by atoms with Gasteiger partial charge >= 0.3 is 0 Å². The molecule has 2 aromatic rings. The Kier molecular flexibility index (Phi) is 4.84. The number of carbonyl (C=O) groups excluding carboxylic acids is 2. The molecule has 1 fully saturated rings. The molecule has 0 N–H and O–H groups in total. The summed E-state index contributed by atoms with van der Waals surface area (Å²) in [5.41, 5.74) is 1.80. The second-order valence-corrected chi connectivity index (χ2v) is 7.04. The van der Waals surface area contributed by atoms with Gasteiger partial charge in [0.05, 0.1) is 11.3 Å². The second kappa shape index (κ2) is 7.43. The number of anilines is 1. The fraction of sp³-hybridized carbons (Fsp3) is 0.364. The van der Waals surface area contributed by atoms with E-state index in [1.807, 2.05) is 24.0 Å². The Morgan fingerprint density at radius 1 is 1.00 bits per heavy atom. The minimum Gasteiger partial charge on any atom is -0.454 e. The lowest BCUT2D eigenvalue weighted by atomic mass is 10.1. The van der Waals surface area contributed by atoms with Crippen LogP contribution in [0.2, 0.25) is 0 Å². The second-order valence-electron chi connectivity index (χ2n) is 7.04. The van der Waals surface area contributed by atoms with Crippen molar-refractivity contribution in [1.29, 1.82) is 0 Å². The predicted molar refractivity (Wildman–Crippen MR) is 105 cm³/mol. The van der Waals surface area contributed by atoms with Crippen LogP contribution in [0.5, 0.6) is 11.5 Å². The summed E-state index contributed by atoms with van der Waals surface area (Å²) in [5, 5.41) is 0. The number of fused-ring (bicyclic) bond motifs is 2. The molecule has 2 aromatic carbocycles. The topological polar surface area (TPSA) is 49.9 Å². The summed E-state index contributed by atoms with van der Waals surface area (Å²) in [5.74, 6) is 1.07. The van der Waals surface area contributed by atoms with E-state index in [1.54, 1.807) is 35.2 Å². The molecular formula is C22H24N2O3. The van der Waals surface area contributed by atoms with E-state index in [2.05, 4.69) is 0 Å². The van der Waals surface area contributed by atoms with Crippen LogP contribution in [0.15, 0.2) is 42.5 Å². The predicted octanol–water partition coefficient (Wildman–Crippen LogP) is 4.48. The van der Waals surface area contributed by atoms with E-state index in [1.165, 1.54) is 12.8 Å². The monoisotopic (exact) mass is 364 g/mol. The Bertz CT molecular complexity index is 870. The van der Waals surface area contributed by atoms with E-state index in [0.29, 0.717) is 34.9 Å². The first kappa shape index (κ1) is 17.6. The molecule has 2 heterocycles. The minimum absolute atomic E-state index is 0.0324. The molecule has 0 saturated carbocycles. The number of hydrogen-bond acceptors (Lipinski definition) is 3. The average Bonchev–Trinajstić information content (AvgIpc) is 3.03. The molecule has 4 rings (SSSR count). The van der Waals surface area contributed by atoms with Crippen molar-refractivity contribution in [2.24, 2.45) is 0 Å². The third-order valence-electron chi connectivity index (χ3n) is 5.29. The number of hydrogen-bond donors (Lipinski definition) is 0. The van der Waals surface area contributed by atoms with Gasteiger partial charge in [0.1, 0.15) is 5.75 Å². The number of ether oxygens (including phenoxy) is 1. The van der Waals surface area contributed by atoms with E-state index in [9.17, 15) is 9.59 Å². The van der Waals surface area contributed by atoms with Crippen molar-refractivity contribution in [3.05, 3.63) is 53.6 Å². The molecule has 2 aliphatic heterocycles. The van der Waals surface area contributed by atoms with Crippen molar-refractivity contribution < 1.29 is 14.3 Å². The van der Waals surface area contributed by atoms with Crippen molar-refractivity contribution >= 4 is 17.5 Å². The van der Waals surface area contributed by atoms with Crippen LogP contribution in [-0.2, 0) is 0 Å². The molecule has 0 unspecified atom stereocenters. The third kappa shape index (κ3) is 3.29. The van der Waals surface area contributed by atoms with Crippen LogP contribution < -0.4 is 9.64 Å². The van der Waals surface area contributed by atoms with Gasteiger partial charge in [0.25, 0.3) is 11.8 Å². The molecular weight excluding hydrogens is 340 g/mol. The summed E-state index contributed by atoms with van der Waals surface area (Å²) >= 11 is 0. The number of nitrogens with zero attached hydrogens (tertiary/aromatic N) is 2. The standard InChI is InChI=1S/C22H24N2O3/c1-2-24-18-15-16(21(25)23-13-7-3-4-8-14-23)11-12-20(18)27-19-10-6-5-9-17(19)22(24)26/h5-6,9-12,15H,2-4,7-8,13-14H2,1H3. The van der Waals surface area contributed by atoms with Crippen LogP contribution in [0, 0.1) is 0 Å². The maximum atomic E-state index is 13.0. The Morgan fingerprint density at radius 2 is 1.74 bits per heavy atom. The smallest absolute Gasteiger partial charge is 0.262 e. The first-order valence-corrected chi connectivity index (χ1v) is 9.71. The molecule has 5 nitrogen and oxygen atoms in total. The van der Waals surface area contributed by atoms with Crippen LogP contribution in [0.1, 0.15) is 53.3 Å². The van der Waals surface area contributed by atoms with E-state index < -0.39 is 0 Å². The minimum atomic E-state index is -0.105. The molecule has 2 aliphatic rings. The summed E-state index contributed by atoms with van der Waals surface area (Å²) in [6.07, 6.45) is 4.46. The van der Waals surface area contributed by atoms with E-state index >= 15 is 0 Å².